The lowest BCUT2D eigenvalue weighted by molar-refractivity contribution is -0.0575. The van der Waals surface area contributed by atoms with E-state index in [0.29, 0.717) is 10.8 Å². The lowest BCUT2D eigenvalue weighted by Gasteiger charge is -2.58. The standard InChI is InChI=1S/C29H50O/c1-7-21(19(2)3)9-8-20(4)25-12-13-26-24-11-10-22-18-23(30)14-16-28(22,5)27(24)15-17-29(25,26)6/h10,19-21,23-27,30H,7-9,11-18H2,1-6H3/t20-,21-,23-,24-,25-,26-,27-,28-,29+/m0/s1. The van der Waals surface area contributed by atoms with Crippen molar-refractivity contribution in [2.24, 2.45) is 52.3 Å². The molecule has 172 valence electrons. The number of hydrogen-bond acceptors (Lipinski definition) is 1. The second-order valence-corrected chi connectivity index (χ2v) is 12.9. The molecule has 30 heavy (non-hydrogen) atoms. The summed E-state index contributed by atoms with van der Waals surface area (Å²) in [5.41, 5.74) is 2.59. The van der Waals surface area contributed by atoms with Crippen molar-refractivity contribution in [2.45, 2.75) is 118 Å². The summed E-state index contributed by atoms with van der Waals surface area (Å²) in [5.74, 6) is 6.31. The molecule has 0 aromatic rings. The van der Waals surface area contributed by atoms with Crippen molar-refractivity contribution in [3.8, 4) is 0 Å². The summed E-state index contributed by atoms with van der Waals surface area (Å²) in [5, 5.41) is 10.2. The van der Waals surface area contributed by atoms with E-state index in [1.54, 1.807) is 5.57 Å². The molecule has 0 aliphatic heterocycles. The van der Waals surface area contributed by atoms with E-state index in [4.69, 9.17) is 0 Å². The first-order valence-electron chi connectivity index (χ1n) is 13.6. The lowest BCUT2D eigenvalue weighted by atomic mass is 9.47. The fourth-order valence-electron chi connectivity index (χ4n) is 9.30. The van der Waals surface area contributed by atoms with Gasteiger partial charge in [-0.1, -0.05) is 66.0 Å². The summed E-state index contributed by atoms with van der Waals surface area (Å²) in [6.07, 6.45) is 17.1. The van der Waals surface area contributed by atoms with Crippen molar-refractivity contribution in [2.75, 3.05) is 0 Å². The molecule has 0 heterocycles. The van der Waals surface area contributed by atoms with E-state index in [-0.39, 0.29) is 6.10 Å². The molecule has 4 aliphatic rings. The maximum absolute atomic E-state index is 10.2. The highest BCUT2D eigenvalue weighted by Gasteiger charge is 2.59. The fraction of sp³-hybridized carbons (Fsp3) is 0.931. The van der Waals surface area contributed by atoms with Crippen LogP contribution in [0.15, 0.2) is 11.6 Å². The quantitative estimate of drug-likeness (QED) is 0.436. The van der Waals surface area contributed by atoms with Crippen molar-refractivity contribution in [3.63, 3.8) is 0 Å². The van der Waals surface area contributed by atoms with Gasteiger partial charge in [0.15, 0.2) is 0 Å². The molecule has 3 fully saturated rings. The number of fused-ring (bicyclic) bond motifs is 5. The van der Waals surface area contributed by atoms with Crippen LogP contribution in [0.3, 0.4) is 0 Å². The van der Waals surface area contributed by atoms with Crippen LogP contribution in [0.25, 0.3) is 0 Å². The molecule has 9 atom stereocenters. The first-order chi connectivity index (χ1) is 14.2. The number of aliphatic hydroxyl groups is 1. The SMILES string of the molecule is CC[C@@H](CC[C@H](C)[C@@H]1CC[C@H]2[C@@H]3CC=C4C[C@@H](O)CC[C@]4(C)[C@H]3CC[C@@]21C)C(C)C. The summed E-state index contributed by atoms with van der Waals surface area (Å²) in [7, 11) is 0. The van der Waals surface area contributed by atoms with Gasteiger partial charge >= 0.3 is 0 Å². The predicted octanol–water partition coefficient (Wildman–Crippen LogP) is 8.02. The highest BCUT2D eigenvalue weighted by atomic mass is 16.3. The third-order valence-electron chi connectivity index (χ3n) is 11.3. The van der Waals surface area contributed by atoms with Crippen molar-refractivity contribution in [3.05, 3.63) is 11.6 Å². The third kappa shape index (κ3) is 3.74. The summed E-state index contributed by atoms with van der Waals surface area (Å²) in [4.78, 5) is 0. The molecule has 0 aromatic heterocycles. The van der Waals surface area contributed by atoms with Crippen LogP contribution >= 0.6 is 0 Å². The Bertz CT molecular complexity index is 634. The molecule has 0 unspecified atom stereocenters. The molecule has 1 heteroatoms. The highest BCUT2D eigenvalue weighted by Crippen LogP contribution is 2.67. The van der Waals surface area contributed by atoms with E-state index in [9.17, 15) is 5.11 Å². The Hall–Kier alpha value is -0.300. The van der Waals surface area contributed by atoms with E-state index < -0.39 is 0 Å². The zero-order valence-corrected chi connectivity index (χ0v) is 20.9. The van der Waals surface area contributed by atoms with Crippen molar-refractivity contribution < 1.29 is 5.11 Å². The maximum atomic E-state index is 10.2. The maximum Gasteiger partial charge on any atom is 0.0577 e. The molecule has 0 aromatic carbocycles. The lowest BCUT2D eigenvalue weighted by Crippen LogP contribution is -2.50. The van der Waals surface area contributed by atoms with E-state index in [1.807, 2.05) is 0 Å². The van der Waals surface area contributed by atoms with Gasteiger partial charge in [0.25, 0.3) is 0 Å². The van der Waals surface area contributed by atoms with Gasteiger partial charge in [-0.05, 0) is 110 Å². The van der Waals surface area contributed by atoms with E-state index in [0.717, 1.165) is 54.3 Å². The van der Waals surface area contributed by atoms with Crippen LogP contribution in [0.4, 0.5) is 0 Å². The number of aliphatic hydroxyl groups excluding tert-OH is 1. The van der Waals surface area contributed by atoms with E-state index >= 15 is 0 Å². The molecule has 4 aliphatic carbocycles. The van der Waals surface area contributed by atoms with E-state index in [1.165, 1.54) is 57.8 Å². The van der Waals surface area contributed by atoms with Crippen LogP contribution in [0.5, 0.6) is 0 Å². The van der Waals surface area contributed by atoms with Gasteiger partial charge in [0, 0.05) is 0 Å². The molecule has 0 spiro atoms. The van der Waals surface area contributed by atoms with E-state index in [2.05, 4.69) is 47.6 Å². The van der Waals surface area contributed by atoms with Gasteiger partial charge in [0.05, 0.1) is 6.10 Å². The van der Waals surface area contributed by atoms with Crippen LogP contribution in [-0.2, 0) is 0 Å². The van der Waals surface area contributed by atoms with Crippen molar-refractivity contribution in [1.82, 2.24) is 0 Å². The second-order valence-electron chi connectivity index (χ2n) is 12.9. The molecule has 0 radical (unpaired) electrons. The smallest absolute Gasteiger partial charge is 0.0577 e. The van der Waals surface area contributed by atoms with Gasteiger partial charge in [-0.3, -0.25) is 0 Å². The molecule has 1 N–H and O–H groups in total. The number of rotatable bonds is 6. The van der Waals surface area contributed by atoms with Gasteiger partial charge in [-0.25, -0.2) is 0 Å². The first kappa shape index (κ1) is 22.9. The Morgan fingerprint density at radius 1 is 1.00 bits per heavy atom. The third-order valence-corrected chi connectivity index (χ3v) is 11.3. The van der Waals surface area contributed by atoms with Gasteiger partial charge in [-0.2, -0.15) is 0 Å². The Labute approximate surface area is 187 Å². The van der Waals surface area contributed by atoms with Gasteiger partial charge in [-0.15, -0.1) is 0 Å². The Morgan fingerprint density at radius 3 is 2.47 bits per heavy atom. The van der Waals surface area contributed by atoms with Crippen LogP contribution in [0.2, 0.25) is 0 Å². The molecule has 3 saturated carbocycles. The Morgan fingerprint density at radius 2 is 1.77 bits per heavy atom. The molecule has 0 amide bonds. The monoisotopic (exact) mass is 414 g/mol. The molecule has 4 rings (SSSR count). The van der Waals surface area contributed by atoms with Crippen LogP contribution in [-0.4, -0.2) is 11.2 Å². The van der Waals surface area contributed by atoms with Crippen LogP contribution in [0, 0.1) is 52.3 Å². The number of hydrogen-bond donors (Lipinski definition) is 1. The van der Waals surface area contributed by atoms with Crippen LogP contribution < -0.4 is 0 Å². The Balaban J connectivity index is 1.47. The molecule has 0 bridgehead atoms. The minimum atomic E-state index is -0.0794. The van der Waals surface area contributed by atoms with Gasteiger partial charge in [0.2, 0.25) is 0 Å². The summed E-state index contributed by atoms with van der Waals surface area (Å²) in [6.45, 7) is 15.1. The molecular weight excluding hydrogens is 364 g/mol. The van der Waals surface area contributed by atoms with Gasteiger partial charge < -0.3 is 5.11 Å². The van der Waals surface area contributed by atoms with Gasteiger partial charge in [0.1, 0.15) is 0 Å². The first-order valence-corrected chi connectivity index (χ1v) is 13.6. The fourth-order valence-corrected chi connectivity index (χ4v) is 9.30. The minimum Gasteiger partial charge on any atom is -0.393 e. The van der Waals surface area contributed by atoms with Crippen molar-refractivity contribution >= 4 is 0 Å². The normalized spacial score (nSPS) is 45.3. The largest absolute Gasteiger partial charge is 0.393 e. The highest BCUT2D eigenvalue weighted by molar-refractivity contribution is 5.25. The number of allylic oxidation sites excluding steroid dienone is 1. The van der Waals surface area contributed by atoms with Crippen molar-refractivity contribution in [1.29, 1.82) is 0 Å². The summed E-state index contributed by atoms with van der Waals surface area (Å²) in [6, 6.07) is 0. The molecule has 1 nitrogen and oxygen atoms in total. The zero-order chi connectivity index (χ0) is 21.7. The average Bonchev–Trinajstić information content (AvgIpc) is 3.06. The topological polar surface area (TPSA) is 20.2 Å². The summed E-state index contributed by atoms with van der Waals surface area (Å²) >= 11 is 0. The second kappa shape index (κ2) is 8.57. The molecular formula is C29H50O. The average molecular weight is 415 g/mol. The molecule has 0 saturated heterocycles. The zero-order valence-electron chi connectivity index (χ0n) is 20.9. The van der Waals surface area contributed by atoms with Crippen LogP contribution in [0.1, 0.15) is 112 Å². The minimum absolute atomic E-state index is 0.0794. The predicted molar refractivity (Wildman–Crippen MR) is 128 cm³/mol. The Kier molecular flexibility index (Phi) is 6.53. The summed E-state index contributed by atoms with van der Waals surface area (Å²) < 4.78 is 0.